The van der Waals surface area contributed by atoms with Gasteiger partial charge in [0.2, 0.25) is 5.91 Å². The molecule has 0 bridgehead atoms. The SMILES string of the molecule is CC(C)CN(CC(F)(F)F)C(=O)C1NCC2CCCC21. The molecule has 0 aromatic heterocycles. The summed E-state index contributed by atoms with van der Waals surface area (Å²) in [7, 11) is 0. The predicted molar refractivity (Wildman–Crippen MR) is 70.1 cm³/mol. The van der Waals surface area contributed by atoms with Crippen LogP contribution in [0.4, 0.5) is 13.2 Å². The number of hydrogen-bond acceptors (Lipinski definition) is 2. The van der Waals surface area contributed by atoms with E-state index in [1.807, 2.05) is 13.8 Å². The van der Waals surface area contributed by atoms with E-state index in [2.05, 4.69) is 5.32 Å². The second-order valence-corrected chi connectivity index (χ2v) is 6.47. The fourth-order valence-corrected chi connectivity index (χ4v) is 3.54. The second-order valence-electron chi connectivity index (χ2n) is 6.47. The molecule has 2 aliphatic rings. The first-order valence-electron chi connectivity index (χ1n) is 7.37. The normalized spacial score (nSPS) is 29.8. The van der Waals surface area contributed by atoms with E-state index >= 15 is 0 Å². The maximum Gasteiger partial charge on any atom is 0.406 e. The number of amides is 1. The summed E-state index contributed by atoms with van der Waals surface area (Å²) in [5.41, 5.74) is 0. The highest BCUT2D eigenvalue weighted by Crippen LogP contribution is 2.38. The molecule has 0 aromatic rings. The number of nitrogens with one attached hydrogen (secondary N) is 1. The molecule has 1 aliphatic carbocycles. The van der Waals surface area contributed by atoms with Gasteiger partial charge >= 0.3 is 6.18 Å². The Bertz CT molecular complexity index is 357. The molecule has 20 heavy (non-hydrogen) atoms. The van der Waals surface area contributed by atoms with E-state index in [-0.39, 0.29) is 24.3 Å². The monoisotopic (exact) mass is 292 g/mol. The zero-order chi connectivity index (χ0) is 14.9. The molecule has 2 fully saturated rings. The van der Waals surface area contributed by atoms with Crippen LogP contribution in [0.5, 0.6) is 0 Å². The van der Waals surface area contributed by atoms with Crippen molar-refractivity contribution in [1.29, 1.82) is 0 Å². The molecule has 1 aliphatic heterocycles. The lowest BCUT2D eigenvalue weighted by Crippen LogP contribution is -2.50. The highest BCUT2D eigenvalue weighted by Gasteiger charge is 2.45. The van der Waals surface area contributed by atoms with E-state index in [1.54, 1.807) is 0 Å². The van der Waals surface area contributed by atoms with Gasteiger partial charge in [0.15, 0.2) is 0 Å². The summed E-state index contributed by atoms with van der Waals surface area (Å²) in [5, 5.41) is 3.14. The predicted octanol–water partition coefficient (Wildman–Crippen LogP) is 2.42. The largest absolute Gasteiger partial charge is 0.406 e. The van der Waals surface area contributed by atoms with E-state index in [0.29, 0.717) is 5.92 Å². The van der Waals surface area contributed by atoms with Crippen LogP contribution in [0, 0.1) is 17.8 Å². The van der Waals surface area contributed by atoms with Gasteiger partial charge in [-0.1, -0.05) is 20.3 Å². The third kappa shape index (κ3) is 3.65. The Morgan fingerprint density at radius 1 is 1.35 bits per heavy atom. The summed E-state index contributed by atoms with van der Waals surface area (Å²) < 4.78 is 38.0. The minimum absolute atomic E-state index is 0.0297. The maximum atomic E-state index is 12.7. The van der Waals surface area contributed by atoms with Crippen LogP contribution in [0.25, 0.3) is 0 Å². The molecule has 0 spiro atoms. The molecule has 1 saturated heterocycles. The molecule has 3 unspecified atom stereocenters. The van der Waals surface area contributed by atoms with Crippen LogP contribution in [0.15, 0.2) is 0 Å². The zero-order valence-corrected chi connectivity index (χ0v) is 12.0. The number of fused-ring (bicyclic) bond motifs is 1. The molecule has 1 amide bonds. The van der Waals surface area contributed by atoms with Gasteiger partial charge in [0.1, 0.15) is 6.54 Å². The van der Waals surface area contributed by atoms with Crippen LogP contribution < -0.4 is 5.32 Å². The Morgan fingerprint density at radius 3 is 2.65 bits per heavy atom. The average Bonchev–Trinajstić information content (AvgIpc) is 2.85. The number of halogens is 3. The number of rotatable bonds is 4. The first-order valence-corrected chi connectivity index (χ1v) is 7.37. The van der Waals surface area contributed by atoms with Gasteiger partial charge in [-0.15, -0.1) is 0 Å². The van der Waals surface area contributed by atoms with Crippen molar-refractivity contribution in [2.75, 3.05) is 19.6 Å². The Morgan fingerprint density at radius 2 is 2.05 bits per heavy atom. The molecule has 2 rings (SSSR count). The van der Waals surface area contributed by atoms with Crippen molar-refractivity contribution in [2.24, 2.45) is 17.8 Å². The number of alkyl halides is 3. The fraction of sp³-hybridized carbons (Fsp3) is 0.929. The van der Waals surface area contributed by atoms with Crippen molar-refractivity contribution in [3.63, 3.8) is 0 Å². The van der Waals surface area contributed by atoms with Crippen molar-refractivity contribution in [3.05, 3.63) is 0 Å². The summed E-state index contributed by atoms with van der Waals surface area (Å²) in [5.74, 6) is 0.355. The van der Waals surface area contributed by atoms with Crippen LogP contribution in [-0.2, 0) is 4.79 Å². The van der Waals surface area contributed by atoms with E-state index in [0.717, 1.165) is 30.7 Å². The van der Waals surface area contributed by atoms with Crippen molar-refractivity contribution in [3.8, 4) is 0 Å². The molecule has 0 aromatic carbocycles. The molecule has 0 radical (unpaired) electrons. The standard InChI is InChI=1S/C14H23F3N2O/c1-9(2)7-19(8-14(15,16)17)13(20)12-11-5-3-4-10(11)6-18-12/h9-12,18H,3-8H2,1-2H3. The highest BCUT2D eigenvalue weighted by atomic mass is 19.4. The third-order valence-corrected chi connectivity index (χ3v) is 4.28. The number of carbonyl (C=O) groups excluding carboxylic acids is 1. The van der Waals surface area contributed by atoms with E-state index in [9.17, 15) is 18.0 Å². The zero-order valence-electron chi connectivity index (χ0n) is 12.0. The van der Waals surface area contributed by atoms with Gasteiger partial charge < -0.3 is 10.2 Å². The van der Waals surface area contributed by atoms with Crippen LogP contribution in [0.1, 0.15) is 33.1 Å². The van der Waals surface area contributed by atoms with Gasteiger partial charge in [-0.25, -0.2) is 0 Å². The lowest BCUT2D eigenvalue weighted by molar-refractivity contribution is -0.163. The van der Waals surface area contributed by atoms with Gasteiger partial charge in [-0.05, 0) is 37.1 Å². The Hall–Kier alpha value is -0.780. The first kappa shape index (κ1) is 15.6. The lowest BCUT2D eigenvalue weighted by atomic mass is 9.93. The van der Waals surface area contributed by atoms with Crippen molar-refractivity contribution < 1.29 is 18.0 Å². The number of nitrogens with zero attached hydrogens (tertiary/aromatic N) is 1. The highest BCUT2D eigenvalue weighted by molar-refractivity contribution is 5.82. The molecular weight excluding hydrogens is 269 g/mol. The topological polar surface area (TPSA) is 32.3 Å². The van der Waals surface area contributed by atoms with Gasteiger partial charge in [0, 0.05) is 6.54 Å². The van der Waals surface area contributed by atoms with Gasteiger partial charge in [0.05, 0.1) is 6.04 Å². The van der Waals surface area contributed by atoms with Crippen LogP contribution in [0.2, 0.25) is 0 Å². The smallest absolute Gasteiger partial charge is 0.332 e. The molecular formula is C14H23F3N2O. The molecule has 1 heterocycles. The van der Waals surface area contributed by atoms with Crippen LogP contribution in [-0.4, -0.2) is 42.7 Å². The Labute approximate surface area is 117 Å². The molecule has 1 saturated carbocycles. The van der Waals surface area contributed by atoms with Crippen LogP contribution >= 0.6 is 0 Å². The lowest BCUT2D eigenvalue weighted by Gasteiger charge is -2.30. The van der Waals surface area contributed by atoms with Gasteiger partial charge in [-0.3, -0.25) is 4.79 Å². The fourth-order valence-electron chi connectivity index (χ4n) is 3.54. The molecule has 3 atom stereocenters. The second kappa shape index (κ2) is 5.92. The average molecular weight is 292 g/mol. The summed E-state index contributed by atoms with van der Waals surface area (Å²) in [6.07, 6.45) is -1.21. The van der Waals surface area contributed by atoms with Crippen molar-refractivity contribution in [2.45, 2.75) is 45.3 Å². The molecule has 6 heteroatoms. The first-order chi connectivity index (χ1) is 9.28. The molecule has 116 valence electrons. The van der Waals surface area contributed by atoms with Crippen molar-refractivity contribution >= 4 is 5.91 Å². The Balaban J connectivity index is 2.05. The Kier molecular flexibility index (Phi) is 4.62. The minimum atomic E-state index is -4.34. The summed E-state index contributed by atoms with van der Waals surface area (Å²) in [6.45, 7) is 3.45. The maximum absolute atomic E-state index is 12.7. The number of carbonyl (C=O) groups is 1. The number of hydrogen-bond donors (Lipinski definition) is 1. The van der Waals surface area contributed by atoms with E-state index in [4.69, 9.17) is 0 Å². The van der Waals surface area contributed by atoms with Gasteiger partial charge in [0.25, 0.3) is 0 Å². The third-order valence-electron chi connectivity index (χ3n) is 4.28. The van der Waals surface area contributed by atoms with Crippen molar-refractivity contribution in [1.82, 2.24) is 10.2 Å². The molecule has 3 nitrogen and oxygen atoms in total. The minimum Gasteiger partial charge on any atom is -0.332 e. The summed E-state index contributed by atoms with van der Waals surface area (Å²) in [6, 6.07) is -0.413. The van der Waals surface area contributed by atoms with Gasteiger partial charge in [-0.2, -0.15) is 13.2 Å². The van der Waals surface area contributed by atoms with Crippen LogP contribution in [0.3, 0.4) is 0 Å². The summed E-state index contributed by atoms with van der Waals surface area (Å²) >= 11 is 0. The quantitative estimate of drug-likeness (QED) is 0.863. The molecule has 1 N–H and O–H groups in total. The van der Waals surface area contributed by atoms with E-state index < -0.39 is 18.8 Å². The summed E-state index contributed by atoms with van der Waals surface area (Å²) in [4.78, 5) is 13.5. The van der Waals surface area contributed by atoms with E-state index in [1.165, 1.54) is 0 Å².